The van der Waals surface area contributed by atoms with E-state index in [0.29, 0.717) is 24.0 Å². The van der Waals surface area contributed by atoms with Gasteiger partial charge in [0, 0.05) is 70.2 Å². The van der Waals surface area contributed by atoms with Gasteiger partial charge in [-0.1, -0.05) is 0 Å². The third kappa shape index (κ3) is 6.75. The van der Waals surface area contributed by atoms with E-state index in [-0.39, 0.29) is 12.0 Å². The molecule has 11 heteroatoms. The summed E-state index contributed by atoms with van der Waals surface area (Å²) in [6.45, 7) is 12.5. The number of alkyl carbamates (subject to hydrolysis) is 1. The maximum absolute atomic E-state index is 12.0. The first kappa shape index (κ1) is 27.5. The number of nitrogens with one attached hydrogen (secondary N) is 2. The molecule has 0 bridgehead atoms. The SMILES string of the molecule is CC(=O)N1CCN(c2ccc(Nc3nc(N4CCC(CNC(=O)OC(C)(C)C)CC4)c4occc4n3)cc2)CC1. The molecule has 40 heavy (non-hydrogen) atoms. The number of benzene rings is 1. The van der Waals surface area contributed by atoms with E-state index in [1.165, 1.54) is 0 Å². The minimum Gasteiger partial charge on any atom is -0.459 e. The second-order valence-electron chi connectivity index (χ2n) is 11.5. The minimum absolute atomic E-state index is 0.132. The van der Waals surface area contributed by atoms with Crippen LogP contribution in [0.3, 0.4) is 0 Å². The monoisotopic (exact) mass is 549 g/mol. The summed E-state index contributed by atoms with van der Waals surface area (Å²) >= 11 is 0. The Balaban J connectivity index is 1.20. The third-order valence-electron chi connectivity index (χ3n) is 7.35. The predicted molar refractivity (Wildman–Crippen MR) is 155 cm³/mol. The summed E-state index contributed by atoms with van der Waals surface area (Å²) in [6, 6.07) is 10.1. The van der Waals surface area contributed by atoms with E-state index in [1.54, 1.807) is 13.2 Å². The van der Waals surface area contributed by atoms with Gasteiger partial charge in [-0.2, -0.15) is 4.98 Å². The number of rotatable bonds is 6. The molecular formula is C29H39N7O4. The van der Waals surface area contributed by atoms with Crippen molar-refractivity contribution in [3.8, 4) is 0 Å². The van der Waals surface area contributed by atoms with Crippen LogP contribution in [0.25, 0.3) is 11.1 Å². The average molecular weight is 550 g/mol. The number of nitrogens with zero attached hydrogens (tertiary/aromatic N) is 5. The molecule has 2 amide bonds. The molecule has 2 fully saturated rings. The van der Waals surface area contributed by atoms with Gasteiger partial charge in [-0.05, 0) is 63.8 Å². The van der Waals surface area contributed by atoms with Crippen LogP contribution in [0.15, 0.2) is 41.0 Å². The van der Waals surface area contributed by atoms with Gasteiger partial charge in [-0.3, -0.25) is 4.79 Å². The van der Waals surface area contributed by atoms with Gasteiger partial charge >= 0.3 is 6.09 Å². The summed E-state index contributed by atoms with van der Waals surface area (Å²) < 4.78 is 11.1. The fourth-order valence-corrected chi connectivity index (χ4v) is 5.17. The molecule has 1 aromatic carbocycles. The van der Waals surface area contributed by atoms with Gasteiger partial charge in [0.05, 0.1) is 6.26 Å². The smallest absolute Gasteiger partial charge is 0.407 e. The van der Waals surface area contributed by atoms with Crippen molar-refractivity contribution in [2.75, 3.05) is 60.9 Å². The number of piperidine rings is 1. The van der Waals surface area contributed by atoms with E-state index in [0.717, 1.165) is 74.8 Å². The Morgan fingerprint density at radius 3 is 2.33 bits per heavy atom. The van der Waals surface area contributed by atoms with Crippen molar-refractivity contribution in [1.29, 1.82) is 0 Å². The zero-order chi connectivity index (χ0) is 28.3. The zero-order valence-electron chi connectivity index (χ0n) is 23.8. The van der Waals surface area contributed by atoms with Gasteiger partial charge in [0.25, 0.3) is 0 Å². The molecule has 2 N–H and O–H groups in total. The van der Waals surface area contributed by atoms with Crippen molar-refractivity contribution in [1.82, 2.24) is 20.2 Å². The Bertz CT molecular complexity index is 1320. The lowest BCUT2D eigenvalue weighted by molar-refractivity contribution is -0.129. The molecule has 11 nitrogen and oxygen atoms in total. The fourth-order valence-electron chi connectivity index (χ4n) is 5.17. The first-order chi connectivity index (χ1) is 19.1. The topological polar surface area (TPSA) is 116 Å². The molecule has 0 atom stereocenters. The highest BCUT2D eigenvalue weighted by molar-refractivity contribution is 5.85. The molecule has 214 valence electrons. The lowest BCUT2D eigenvalue weighted by atomic mass is 9.97. The summed E-state index contributed by atoms with van der Waals surface area (Å²) in [4.78, 5) is 39.6. The maximum Gasteiger partial charge on any atom is 0.407 e. The summed E-state index contributed by atoms with van der Waals surface area (Å²) in [5, 5.41) is 6.26. The molecular weight excluding hydrogens is 510 g/mol. The second kappa shape index (κ2) is 11.6. The number of anilines is 4. The lowest BCUT2D eigenvalue weighted by Crippen LogP contribution is -2.48. The molecule has 2 aliphatic rings. The van der Waals surface area contributed by atoms with Gasteiger partial charge in [0.2, 0.25) is 11.9 Å². The van der Waals surface area contributed by atoms with Crippen molar-refractivity contribution >= 4 is 46.2 Å². The Morgan fingerprint density at radius 2 is 1.68 bits per heavy atom. The van der Waals surface area contributed by atoms with Crippen LogP contribution >= 0.6 is 0 Å². The van der Waals surface area contributed by atoms with E-state index >= 15 is 0 Å². The van der Waals surface area contributed by atoms with Gasteiger partial charge < -0.3 is 34.5 Å². The van der Waals surface area contributed by atoms with Crippen LogP contribution in [0, 0.1) is 5.92 Å². The summed E-state index contributed by atoms with van der Waals surface area (Å²) in [6.07, 6.45) is 3.12. The highest BCUT2D eigenvalue weighted by atomic mass is 16.6. The zero-order valence-corrected chi connectivity index (χ0v) is 23.8. The molecule has 0 unspecified atom stereocenters. The number of hydrogen-bond acceptors (Lipinski definition) is 9. The number of carbonyl (C=O) groups excluding carboxylic acids is 2. The largest absolute Gasteiger partial charge is 0.459 e. The van der Waals surface area contributed by atoms with E-state index in [2.05, 4.69) is 37.6 Å². The van der Waals surface area contributed by atoms with Crippen LogP contribution in [-0.2, 0) is 9.53 Å². The molecule has 3 aromatic rings. The lowest BCUT2D eigenvalue weighted by Gasteiger charge is -2.35. The molecule has 0 spiro atoms. The number of hydrogen-bond donors (Lipinski definition) is 2. The van der Waals surface area contributed by atoms with Crippen LogP contribution in [0.1, 0.15) is 40.5 Å². The van der Waals surface area contributed by atoms with Gasteiger partial charge in [0.15, 0.2) is 11.4 Å². The van der Waals surface area contributed by atoms with Crippen LogP contribution in [-0.4, -0.2) is 78.3 Å². The molecule has 4 heterocycles. The number of ether oxygens (including phenoxy) is 1. The molecule has 5 rings (SSSR count). The molecule has 2 aliphatic heterocycles. The number of carbonyl (C=O) groups is 2. The summed E-state index contributed by atoms with van der Waals surface area (Å²) in [5.41, 5.74) is 2.95. The quantitative estimate of drug-likeness (QED) is 0.462. The van der Waals surface area contributed by atoms with E-state index in [4.69, 9.17) is 14.1 Å². The predicted octanol–water partition coefficient (Wildman–Crippen LogP) is 4.38. The summed E-state index contributed by atoms with van der Waals surface area (Å²) in [5.74, 6) is 1.79. The van der Waals surface area contributed by atoms with Crippen LogP contribution < -0.4 is 20.4 Å². The van der Waals surface area contributed by atoms with Crippen molar-refractivity contribution in [2.45, 2.75) is 46.1 Å². The Kier molecular flexibility index (Phi) is 7.99. The number of fused-ring (bicyclic) bond motifs is 1. The van der Waals surface area contributed by atoms with Crippen molar-refractivity contribution in [2.24, 2.45) is 5.92 Å². The number of piperazine rings is 1. The maximum atomic E-state index is 12.0. The van der Waals surface area contributed by atoms with Gasteiger partial charge in [0.1, 0.15) is 11.1 Å². The average Bonchev–Trinajstić information content (AvgIpc) is 3.40. The molecule has 2 aromatic heterocycles. The van der Waals surface area contributed by atoms with Crippen molar-refractivity contribution in [3.63, 3.8) is 0 Å². The third-order valence-corrected chi connectivity index (χ3v) is 7.35. The standard InChI is InChI=1S/C29H39N7O4/c1-20(37)34-14-16-35(17-15-34)23-7-5-22(6-8-23)31-27-32-24-11-18-39-25(24)26(33-27)36-12-9-21(10-13-36)19-30-28(38)40-29(2,3)4/h5-8,11,18,21H,9-10,12-17,19H2,1-4H3,(H,30,38)(H,31,32,33). The number of furan rings is 1. The molecule has 2 saturated heterocycles. The van der Waals surface area contributed by atoms with E-state index < -0.39 is 5.60 Å². The molecule has 0 saturated carbocycles. The highest BCUT2D eigenvalue weighted by Gasteiger charge is 2.25. The number of amides is 2. The van der Waals surface area contributed by atoms with Gasteiger partial charge in [-0.15, -0.1) is 0 Å². The molecule has 0 radical (unpaired) electrons. The second-order valence-corrected chi connectivity index (χ2v) is 11.5. The van der Waals surface area contributed by atoms with Gasteiger partial charge in [-0.25, -0.2) is 9.78 Å². The van der Waals surface area contributed by atoms with Crippen molar-refractivity contribution in [3.05, 3.63) is 36.6 Å². The van der Waals surface area contributed by atoms with Crippen LogP contribution in [0.2, 0.25) is 0 Å². The van der Waals surface area contributed by atoms with Crippen molar-refractivity contribution < 1.29 is 18.7 Å². The summed E-state index contributed by atoms with van der Waals surface area (Å²) in [7, 11) is 0. The Hall–Kier alpha value is -4.02. The Labute approximate surface area is 234 Å². The first-order valence-corrected chi connectivity index (χ1v) is 14.0. The van der Waals surface area contributed by atoms with E-state index in [1.807, 2.05) is 43.9 Å². The fraction of sp³-hybridized carbons (Fsp3) is 0.517. The van der Waals surface area contributed by atoms with Crippen LogP contribution in [0.5, 0.6) is 0 Å². The molecule has 0 aliphatic carbocycles. The number of aromatic nitrogens is 2. The Morgan fingerprint density at radius 1 is 0.975 bits per heavy atom. The first-order valence-electron chi connectivity index (χ1n) is 14.0. The normalized spacial score (nSPS) is 16.8. The van der Waals surface area contributed by atoms with E-state index in [9.17, 15) is 9.59 Å². The van der Waals surface area contributed by atoms with Crippen LogP contribution in [0.4, 0.5) is 27.9 Å². The highest BCUT2D eigenvalue weighted by Crippen LogP contribution is 2.31. The minimum atomic E-state index is -0.504.